The van der Waals surface area contributed by atoms with Crippen molar-refractivity contribution in [1.29, 1.82) is 0 Å². The molecule has 2 fully saturated rings. The van der Waals surface area contributed by atoms with E-state index in [2.05, 4.69) is 26.0 Å². The molecule has 13 heteroatoms. The van der Waals surface area contributed by atoms with E-state index in [0.717, 1.165) is 96.4 Å². The number of pyridine rings is 3. The summed E-state index contributed by atoms with van der Waals surface area (Å²) in [6, 6.07) is 30.4. The fourth-order valence-electron chi connectivity index (χ4n) is 6.48. The SMILES string of the molecule is Brc1ccc2nc(C3CCOCC3)nn2c1Oc1ccccc1.Cn1cc(-c2ccc3nc(C4CCOCC4)nn3c2Oc2ccccc2)ccc1=O. The number of nitrogens with zero attached hydrogens (tertiary/aromatic N) is 7. The second-order valence-corrected chi connectivity index (χ2v) is 13.8. The van der Waals surface area contributed by atoms with Crippen LogP contribution in [0.15, 0.2) is 113 Å². The van der Waals surface area contributed by atoms with Crippen molar-refractivity contribution in [3.63, 3.8) is 0 Å². The molecule has 5 aromatic heterocycles. The fraction of sp³-hybridized carbons (Fsp3) is 0.275. The number of aryl methyl sites for hydroxylation is 1. The van der Waals surface area contributed by atoms with Gasteiger partial charge in [-0.3, -0.25) is 4.79 Å². The van der Waals surface area contributed by atoms with Gasteiger partial charge in [0.2, 0.25) is 17.3 Å². The molecule has 2 aliphatic rings. The van der Waals surface area contributed by atoms with Crippen molar-refractivity contribution in [2.45, 2.75) is 37.5 Å². The molecule has 2 saturated heterocycles. The van der Waals surface area contributed by atoms with Gasteiger partial charge in [0.1, 0.15) is 11.5 Å². The monoisotopic (exact) mass is 775 g/mol. The maximum atomic E-state index is 11.9. The largest absolute Gasteiger partial charge is 0.438 e. The topological polar surface area (TPSA) is 119 Å². The Kier molecular flexibility index (Phi) is 10.3. The van der Waals surface area contributed by atoms with Gasteiger partial charge in [0, 0.05) is 68.7 Å². The summed E-state index contributed by atoms with van der Waals surface area (Å²) in [7, 11) is 1.74. The number of benzene rings is 2. The lowest BCUT2D eigenvalue weighted by Gasteiger charge is -2.18. The first-order valence-electron chi connectivity index (χ1n) is 17.7. The Hall–Kier alpha value is -5.37. The summed E-state index contributed by atoms with van der Waals surface area (Å²) in [5.41, 5.74) is 3.17. The van der Waals surface area contributed by atoms with Crippen LogP contribution in [0, 0.1) is 0 Å². The lowest BCUT2D eigenvalue weighted by molar-refractivity contribution is 0.0835. The van der Waals surface area contributed by atoms with E-state index >= 15 is 0 Å². The summed E-state index contributed by atoms with van der Waals surface area (Å²) < 4.78 is 29.1. The van der Waals surface area contributed by atoms with Gasteiger partial charge < -0.3 is 23.5 Å². The van der Waals surface area contributed by atoms with Crippen LogP contribution < -0.4 is 15.0 Å². The van der Waals surface area contributed by atoms with Gasteiger partial charge in [-0.1, -0.05) is 36.4 Å². The molecule has 0 bridgehead atoms. The lowest BCUT2D eigenvalue weighted by Crippen LogP contribution is -2.15. The van der Waals surface area contributed by atoms with Crippen molar-refractivity contribution in [2.75, 3.05) is 26.4 Å². The maximum absolute atomic E-state index is 11.9. The second-order valence-electron chi connectivity index (χ2n) is 13.0. The molecule has 0 aliphatic carbocycles. The van der Waals surface area contributed by atoms with Gasteiger partial charge in [-0.25, -0.2) is 9.97 Å². The summed E-state index contributed by atoms with van der Waals surface area (Å²) in [6.07, 6.45) is 5.57. The average molecular weight is 777 g/mol. The first-order chi connectivity index (χ1) is 26.0. The Bertz CT molecular complexity index is 2380. The molecular weight excluding hydrogens is 738 g/mol. The van der Waals surface area contributed by atoms with E-state index in [9.17, 15) is 4.79 Å². The Morgan fingerprint density at radius 2 is 1.15 bits per heavy atom. The molecule has 270 valence electrons. The predicted molar refractivity (Wildman–Crippen MR) is 203 cm³/mol. The zero-order valence-electron chi connectivity index (χ0n) is 29.2. The summed E-state index contributed by atoms with van der Waals surface area (Å²) in [5, 5.41) is 9.50. The smallest absolute Gasteiger partial charge is 0.250 e. The molecule has 2 aliphatic heterocycles. The number of para-hydroxylation sites is 2. The average Bonchev–Trinajstić information content (AvgIpc) is 3.85. The van der Waals surface area contributed by atoms with E-state index in [1.165, 1.54) is 0 Å². The molecule has 2 aromatic carbocycles. The van der Waals surface area contributed by atoms with Crippen molar-refractivity contribution >= 4 is 27.2 Å². The number of hydrogen-bond acceptors (Lipinski definition) is 9. The number of halogens is 1. The number of fused-ring (bicyclic) bond motifs is 2. The van der Waals surface area contributed by atoms with Crippen LogP contribution in [-0.2, 0) is 16.5 Å². The van der Waals surface area contributed by atoms with E-state index in [0.29, 0.717) is 23.4 Å². The molecule has 0 radical (unpaired) electrons. The highest BCUT2D eigenvalue weighted by molar-refractivity contribution is 9.10. The Balaban J connectivity index is 0.000000156. The molecule has 0 spiro atoms. The van der Waals surface area contributed by atoms with Gasteiger partial charge in [0.15, 0.2) is 22.9 Å². The zero-order chi connectivity index (χ0) is 36.1. The van der Waals surface area contributed by atoms with Crippen LogP contribution in [-0.4, -0.2) is 60.2 Å². The van der Waals surface area contributed by atoms with Gasteiger partial charge in [0.05, 0.1) is 4.47 Å². The van der Waals surface area contributed by atoms with Gasteiger partial charge in [-0.2, -0.15) is 9.03 Å². The molecule has 0 N–H and O–H groups in total. The van der Waals surface area contributed by atoms with Crippen LogP contribution in [0.5, 0.6) is 23.3 Å². The fourth-order valence-corrected chi connectivity index (χ4v) is 6.86. The highest BCUT2D eigenvalue weighted by atomic mass is 79.9. The molecular formula is C40H38BrN7O5. The van der Waals surface area contributed by atoms with Crippen molar-refractivity contribution in [3.8, 4) is 34.4 Å². The Labute approximate surface area is 314 Å². The van der Waals surface area contributed by atoms with Crippen LogP contribution >= 0.6 is 15.9 Å². The van der Waals surface area contributed by atoms with Crippen LogP contribution in [0.25, 0.3) is 22.4 Å². The maximum Gasteiger partial charge on any atom is 0.250 e. The van der Waals surface area contributed by atoms with Crippen molar-refractivity contribution < 1.29 is 18.9 Å². The predicted octanol–water partition coefficient (Wildman–Crippen LogP) is 7.96. The van der Waals surface area contributed by atoms with E-state index < -0.39 is 0 Å². The third-order valence-corrected chi connectivity index (χ3v) is 9.98. The second kappa shape index (κ2) is 15.7. The molecule has 7 heterocycles. The van der Waals surface area contributed by atoms with Crippen LogP contribution in [0.2, 0.25) is 0 Å². The Morgan fingerprint density at radius 3 is 1.70 bits per heavy atom. The van der Waals surface area contributed by atoms with E-state index in [1.807, 2.05) is 84.9 Å². The standard InChI is InChI=1S/C23H22N4O3.C17H16BrN3O2/c1-26-15-17(7-10-21(26)28)19-8-9-20-24-22(16-11-13-29-14-12-16)25-27(20)23(19)30-18-5-3-2-4-6-18;18-14-6-7-15-19-16(12-8-10-22-11-9-12)20-21(15)17(14)23-13-4-2-1-3-5-13/h2-10,15-16H,11-14H2,1H3;1-7,12H,8-11H2. The molecule has 7 aromatic rings. The highest BCUT2D eigenvalue weighted by Crippen LogP contribution is 2.35. The highest BCUT2D eigenvalue weighted by Gasteiger charge is 2.24. The van der Waals surface area contributed by atoms with E-state index in [4.69, 9.17) is 29.0 Å². The van der Waals surface area contributed by atoms with Gasteiger partial charge in [-0.15, -0.1) is 10.2 Å². The minimum absolute atomic E-state index is 0.0621. The first-order valence-corrected chi connectivity index (χ1v) is 18.5. The van der Waals surface area contributed by atoms with Crippen molar-refractivity contribution in [2.24, 2.45) is 7.05 Å². The molecule has 0 amide bonds. The number of aromatic nitrogens is 7. The first kappa shape index (κ1) is 34.7. The number of hydrogen-bond donors (Lipinski definition) is 0. The molecule has 53 heavy (non-hydrogen) atoms. The van der Waals surface area contributed by atoms with Gasteiger partial charge in [-0.05, 0) is 96.2 Å². The summed E-state index contributed by atoms with van der Waals surface area (Å²) in [6.45, 7) is 3.02. The van der Waals surface area contributed by atoms with E-state index in [-0.39, 0.29) is 11.5 Å². The summed E-state index contributed by atoms with van der Waals surface area (Å²) in [5.74, 6) is 5.00. The molecule has 0 unspecified atom stereocenters. The van der Waals surface area contributed by atoms with Gasteiger partial charge in [0.25, 0.3) is 0 Å². The minimum Gasteiger partial charge on any atom is -0.438 e. The normalized spacial score (nSPS) is 15.3. The molecule has 0 atom stereocenters. The quantitative estimate of drug-likeness (QED) is 0.159. The Morgan fingerprint density at radius 1 is 0.642 bits per heavy atom. The summed E-state index contributed by atoms with van der Waals surface area (Å²) in [4.78, 5) is 21.3. The zero-order valence-corrected chi connectivity index (χ0v) is 30.8. The molecule has 9 rings (SSSR count). The van der Waals surface area contributed by atoms with Gasteiger partial charge >= 0.3 is 0 Å². The van der Waals surface area contributed by atoms with Crippen molar-refractivity contribution in [1.82, 2.24) is 33.8 Å². The third kappa shape index (κ3) is 7.73. The van der Waals surface area contributed by atoms with Crippen LogP contribution in [0.3, 0.4) is 0 Å². The summed E-state index contributed by atoms with van der Waals surface area (Å²) >= 11 is 3.55. The van der Waals surface area contributed by atoms with E-state index in [1.54, 1.807) is 39.0 Å². The number of ether oxygens (including phenoxy) is 4. The van der Waals surface area contributed by atoms with Crippen LogP contribution in [0.4, 0.5) is 0 Å². The molecule has 0 saturated carbocycles. The number of rotatable bonds is 7. The third-order valence-electron chi connectivity index (χ3n) is 9.38. The van der Waals surface area contributed by atoms with Crippen LogP contribution in [0.1, 0.15) is 49.2 Å². The minimum atomic E-state index is -0.0621. The van der Waals surface area contributed by atoms with Crippen molar-refractivity contribution in [3.05, 3.63) is 130 Å². The lowest BCUT2D eigenvalue weighted by atomic mass is 10.00. The molecule has 12 nitrogen and oxygen atoms in total.